The predicted molar refractivity (Wildman–Crippen MR) is 275 cm³/mol. The summed E-state index contributed by atoms with van der Waals surface area (Å²) in [6.45, 7) is 19.6. The molecular formula is C57H99NO10. The first kappa shape index (κ1) is 61.1. The van der Waals surface area contributed by atoms with E-state index in [2.05, 4.69) is 89.8 Å². The van der Waals surface area contributed by atoms with E-state index in [4.69, 9.17) is 33.2 Å². The van der Waals surface area contributed by atoms with Crippen molar-refractivity contribution in [2.24, 2.45) is 17.8 Å². The molecular weight excluding hydrogens is 859 g/mol. The second kappa shape index (κ2) is 40.7. The van der Waals surface area contributed by atoms with Crippen molar-refractivity contribution in [3.05, 3.63) is 47.6 Å². The van der Waals surface area contributed by atoms with Gasteiger partial charge in [0.05, 0.1) is 25.6 Å². The van der Waals surface area contributed by atoms with Crippen molar-refractivity contribution in [2.45, 2.75) is 221 Å². The van der Waals surface area contributed by atoms with Crippen LogP contribution in [0.3, 0.4) is 0 Å². The molecule has 0 radical (unpaired) electrons. The number of nitrogens with zero attached hydrogens (tertiary/aromatic N) is 1. The molecule has 1 heterocycles. The van der Waals surface area contributed by atoms with Crippen molar-refractivity contribution in [3.8, 4) is 0 Å². The van der Waals surface area contributed by atoms with Gasteiger partial charge in [-0.3, -0.25) is 14.5 Å². The highest BCUT2D eigenvalue weighted by molar-refractivity contribution is 5.69. The maximum Gasteiger partial charge on any atom is 0.508 e. The molecule has 0 aromatic rings. The van der Waals surface area contributed by atoms with Crippen molar-refractivity contribution < 1.29 is 47.5 Å². The number of carbonyl (C=O) groups is 3. The van der Waals surface area contributed by atoms with Gasteiger partial charge < -0.3 is 33.2 Å². The highest BCUT2D eigenvalue weighted by Gasteiger charge is 2.29. The van der Waals surface area contributed by atoms with Crippen LogP contribution in [0.4, 0.5) is 4.79 Å². The average molecular weight is 958 g/mol. The molecule has 1 saturated heterocycles. The van der Waals surface area contributed by atoms with E-state index in [1.807, 2.05) is 0 Å². The van der Waals surface area contributed by atoms with Crippen molar-refractivity contribution in [1.82, 2.24) is 4.90 Å². The number of hydrogen-bond donors (Lipinski definition) is 0. The van der Waals surface area contributed by atoms with E-state index in [1.54, 1.807) is 0 Å². The number of unbranched alkanes of at least 4 members (excludes halogenated alkanes) is 8. The Kier molecular flexibility index (Phi) is 36.6. The molecule has 1 saturated carbocycles. The number of ether oxygens (including phenoxy) is 7. The molecule has 3 atom stereocenters. The van der Waals surface area contributed by atoms with Crippen molar-refractivity contribution >= 4 is 18.1 Å². The molecule has 11 heteroatoms. The van der Waals surface area contributed by atoms with Gasteiger partial charge in [-0.2, -0.15) is 0 Å². The standard InChI is InChI=1S/C57H99NO10/c1-8-9-10-11-12-13-14-15-16-17-18-19-20-21-22-29-54(59)65-44-51(46-67-57(61)68-53-32-30-52(31-33-53)58-38-42-62-43-39-58)45-66-55(60)34-35-56(63-40-36-49(6)27-23-25-47(2)3)64-41-37-50(7)28-24-26-48(4)5/h12-13,15-16,25-26,49-53,56H,8-11,14,17-24,27-46H2,1-7H3/b13-12-,16-15-. The summed E-state index contributed by atoms with van der Waals surface area (Å²) in [5.74, 6) is -0.240. The number of esters is 2. The fourth-order valence-electron chi connectivity index (χ4n) is 8.47. The van der Waals surface area contributed by atoms with Gasteiger partial charge in [0.2, 0.25) is 0 Å². The average Bonchev–Trinajstić information content (AvgIpc) is 3.31. The SMILES string of the molecule is CCCCC/C=C\C/C=C\CCCCCCCC(=O)OCC(COC(=O)CCC(OCCC(C)CCC=C(C)C)OCCC(C)CCC=C(C)C)COC(=O)OC1CCC(N2CCOCC2)CC1. The van der Waals surface area contributed by atoms with Crippen LogP contribution in [-0.2, 0) is 42.7 Å². The number of morpholine rings is 1. The zero-order chi connectivity index (χ0) is 49.5. The first-order valence-corrected chi connectivity index (χ1v) is 27.2. The zero-order valence-electron chi connectivity index (χ0n) is 44.3. The lowest BCUT2D eigenvalue weighted by Crippen LogP contribution is -2.45. The Labute approximate surface area is 414 Å². The summed E-state index contributed by atoms with van der Waals surface area (Å²) in [5.41, 5.74) is 2.67. The second-order valence-corrected chi connectivity index (χ2v) is 20.2. The zero-order valence-corrected chi connectivity index (χ0v) is 44.3. The normalized spacial score (nSPS) is 18.5. The minimum atomic E-state index is -0.748. The van der Waals surface area contributed by atoms with Crippen molar-refractivity contribution in [3.63, 3.8) is 0 Å². The molecule has 0 bridgehead atoms. The van der Waals surface area contributed by atoms with Gasteiger partial charge in [-0.1, -0.05) is 100 Å². The summed E-state index contributed by atoms with van der Waals surface area (Å²) in [6, 6.07) is 0.486. The van der Waals surface area contributed by atoms with Crippen LogP contribution in [0.2, 0.25) is 0 Å². The van der Waals surface area contributed by atoms with E-state index >= 15 is 0 Å². The van der Waals surface area contributed by atoms with E-state index in [0.29, 0.717) is 43.9 Å². The minimum Gasteiger partial charge on any atom is -0.465 e. The molecule has 3 unspecified atom stereocenters. The van der Waals surface area contributed by atoms with E-state index in [1.165, 1.54) is 36.8 Å². The Morgan fingerprint density at radius 2 is 1.13 bits per heavy atom. The monoisotopic (exact) mass is 958 g/mol. The largest absolute Gasteiger partial charge is 0.508 e. The lowest BCUT2D eigenvalue weighted by atomic mass is 9.91. The molecule has 2 fully saturated rings. The maximum atomic E-state index is 13.2. The van der Waals surface area contributed by atoms with E-state index in [0.717, 1.165) is 135 Å². The fraction of sp³-hybridized carbons (Fsp3) is 0.807. The molecule has 2 rings (SSSR count). The molecule has 0 N–H and O–H groups in total. The molecule has 0 amide bonds. The molecule has 392 valence electrons. The molecule has 0 spiro atoms. The number of hydrogen-bond acceptors (Lipinski definition) is 11. The molecule has 11 nitrogen and oxygen atoms in total. The van der Waals surface area contributed by atoms with Gasteiger partial charge in [-0.05, 0) is 142 Å². The second-order valence-electron chi connectivity index (χ2n) is 20.2. The van der Waals surface area contributed by atoms with Gasteiger partial charge in [0.25, 0.3) is 0 Å². The Hall–Kier alpha value is -2.99. The first-order chi connectivity index (χ1) is 32.9. The third kappa shape index (κ3) is 34.3. The van der Waals surface area contributed by atoms with Gasteiger partial charge in [-0.15, -0.1) is 0 Å². The number of rotatable bonds is 39. The van der Waals surface area contributed by atoms with E-state index in [-0.39, 0.29) is 38.3 Å². The Morgan fingerprint density at radius 1 is 0.603 bits per heavy atom. The smallest absolute Gasteiger partial charge is 0.465 e. The van der Waals surface area contributed by atoms with Gasteiger partial charge in [0, 0.05) is 45.2 Å². The van der Waals surface area contributed by atoms with Gasteiger partial charge in [0.15, 0.2) is 6.29 Å². The first-order valence-electron chi connectivity index (χ1n) is 27.2. The molecule has 68 heavy (non-hydrogen) atoms. The van der Waals surface area contributed by atoms with Crippen LogP contribution in [0.25, 0.3) is 0 Å². The van der Waals surface area contributed by atoms with Crippen LogP contribution >= 0.6 is 0 Å². The van der Waals surface area contributed by atoms with Gasteiger partial charge >= 0.3 is 18.1 Å². The summed E-state index contributed by atoms with van der Waals surface area (Å²) in [6.07, 6.45) is 34.7. The molecule has 2 aliphatic rings. The predicted octanol–water partition coefficient (Wildman–Crippen LogP) is 14.0. The Bertz CT molecular complexity index is 1370. The highest BCUT2D eigenvalue weighted by atomic mass is 16.7. The summed E-state index contributed by atoms with van der Waals surface area (Å²) in [4.78, 5) is 41.4. The lowest BCUT2D eigenvalue weighted by Gasteiger charge is -2.38. The van der Waals surface area contributed by atoms with Crippen molar-refractivity contribution in [1.29, 1.82) is 0 Å². The summed E-state index contributed by atoms with van der Waals surface area (Å²) < 4.78 is 40.7. The van der Waals surface area contributed by atoms with Crippen LogP contribution in [-0.4, -0.2) is 101 Å². The van der Waals surface area contributed by atoms with Gasteiger partial charge in [-0.25, -0.2) is 4.79 Å². The molecule has 1 aliphatic heterocycles. The van der Waals surface area contributed by atoms with E-state index < -0.39 is 24.3 Å². The molecule has 1 aliphatic carbocycles. The maximum absolute atomic E-state index is 13.2. The minimum absolute atomic E-state index is 0.0310. The Balaban J connectivity index is 1.86. The quantitative estimate of drug-likeness (QED) is 0.0193. The van der Waals surface area contributed by atoms with Crippen molar-refractivity contribution in [2.75, 3.05) is 59.3 Å². The van der Waals surface area contributed by atoms with Crippen LogP contribution in [0.5, 0.6) is 0 Å². The summed E-state index contributed by atoms with van der Waals surface area (Å²) in [7, 11) is 0. The van der Waals surface area contributed by atoms with Crippen LogP contribution in [0, 0.1) is 17.8 Å². The highest BCUT2D eigenvalue weighted by Crippen LogP contribution is 2.26. The summed E-state index contributed by atoms with van der Waals surface area (Å²) >= 11 is 0. The summed E-state index contributed by atoms with van der Waals surface area (Å²) in [5, 5.41) is 0. The molecule has 0 aromatic heterocycles. The fourth-order valence-corrected chi connectivity index (χ4v) is 8.47. The third-order valence-electron chi connectivity index (χ3n) is 13.0. The lowest BCUT2D eigenvalue weighted by molar-refractivity contribution is -0.162. The van der Waals surface area contributed by atoms with Gasteiger partial charge in [0.1, 0.15) is 25.9 Å². The third-order valence-corrected chi connectivity index (χ3v) is 13.0. The number of carbonyl (C=O) groups excluding carboxylic acids is 3. The molecule has 0 aromatic carbocycles. The van der Waals surface area contributed by atoms with E-state index in [9.17, 15) is 14.4 Å². The van der Waals surface area contributed by atoms with Crippen LogP contribution in [0.1, 0.15) is 203 Å². The topological polar surface area (TPSA) is 119 Å². The Morgan fingerprint density at radius 3 is 1.71 bits per heavy atom. The number of allylic oxidation sites excluding steroid dienone is 8. The van der Waals surface area contributed by atoms with Crippen LogP contribution < -0.4 is 0 Å². The van der Waals surface area contributed by atoms with Crippen LogP contribution in [0.15, 0.2) is 47.6 Å².